The molecule has 0 unspecified atom stereocenters. The van der Waals surface area contributed by atoms with Gasteiger partial charge in [-0.3, -0.25) is 20.4 Å². The third kappa shape index (κ3) is 5.26. The van der Waals surface area contributed by atoms with E-state index in [1.807, 2.05) is 13.0 Å². The number of hydrogen-bond acceptors (Lipinski definition) is 5. The Morgan fingerprint density at radius 1 is 1.17 bits per heavy atom. The van der Waals surface area contributed by atoms with Gasteiger partial charge in [0.15, 0.2) is 18.1 Å². The summed E-state index contributed by atoms with van der Waals surface area (Å²) in [6.07, 6.45) is 0. The first-order valence-electron chi connectivity index (χ1n) is 6.78. The van der Waals surface area contributed by atoms with Crippen molar-refractivity contribution in [1.29, 1.82) is 0 Å². The van der Waals surface area contributed by atoms with Gasteiger partial charge in [-0.1, -0.05) is 12.1 Å². The maximum atomic E-state index is 11.8. The largest absolute Gasteiger partial charge is 0.490 e. The van der Waals surface area contributed by atoms with Crippen LogP contribution in [0.2, 0.25) is 0 Å². The molecule has 0 atom stereocenters. The maximum absolute atomic E-state index is 11.8. The van der Waals surface area contributed by atoms with Gasteiger partial charge in [0, 0.05) is 5.38 Å². The third-order valence-electron chi connectivity index (χ3n) is 2.65. The van der Waals surface area contributed by atoms with Crippen molar-refractivity contribution in [1.82, 2.24) is 10.9 Å². The second-order valence-electron chi connectivity index (χ2n) is 4.31. The number of rotatable bonds is 6. The van der Waals surface area contributed by atoms with E-state index in [4.69, 9.17) is 9.47 Å². The first-order valence-corrected chi connectivity index (χ1v) is 8.45. The predicted molar refractivity (Wildman–Crippen MR) is 90.7 cm³/mol. The van der Waals surface area contributed by atoms with E-state index in [9.17, 15) is 9.59 Å². The van der Waals surface area contributed by atoms with Gasteiger partial charge < -0.3 is 9.47 Å². The summed E-state index contributed by atoms with van der Waals surface area (Å²) in [6.45, 7) is 2.12. The molecule has 0 bridgehead atoms. The van der Waals surface area contributed by atoms with Crippen LogP contribution in [-0.4, -0.2) is 25.0 Å². The van der Waals surface area contributed by atoms with Crippen molar-refractivity contribution in [3.05, 3.63) is 45.1 Å². The SMILES string of the molecule is CCOc1ccccc1OCC(=O)NNC(=O)c1csc(Br)c1. The van der Waals surface area contributed by atoms with Crippen LogP contribution in [0.5, 0.6) is 11.5 Å². The number of carbonyl (C=O) groups is 2. The van der Waals surface area contributed by atoms with Gasteiger partial charge in [-0.25, -0.2) is 0 Å². The number of benzene rings is 1. The topological polar surface area (TPSA) is 76.7 Å². The molecule has 0 aliphatic heterocycles. The Labute approximate surface area is 145 Å². The summed E-state index contributed by atoms with van der Waals surface area (Å²) in [5.74, 6) is 0.168. The Balaban J connectivity index is 1.80. The molecule has 122 valence electrons. The van der Waals surface area contributed by atoms with E-state index >= 15 is 0 Å². The van der Waals surface area contributed by atoms with Gasteiger partial charge in [-0.2, -0.15) is 0 Å². The first kappa shape index (κ1) is 17.3. The average Bonchev–Trinajstić information content (AvgIpc) is 2.98. The molecule has 0 fully saturated rings. The number of ether oxygens (including phenoxy) is 2. The summed E-state index contributed by atoms with van der Waals surface area (Å²) in [5.41, 5.74) is 5.08. The molecule has 2 amide bonds. The number of amides is 2. The third-order valence-corrected chi connectivity index (χ3v) is 4.16. The highest BCUT2D eigenvalue weighted by Crippen LogP contribution is 2.26. The minimum atomic E-state index is -0.473. The van der Waals surface area contributed by atoms with Crippen LogP contribution in [0.15, 0.2) is 39.5 Å². The lowest BCUT2D eigenvalue weighted by Gasteiger charge is -2.11. The lowest BCUT2D eigenvalue weighted by Crippen LogP contribution is -2.43. The van der Waals surface area contributed by atoms with E-state index in [1.165, 1.54) is 11.3 Å². The number of hydrazine groups is 1. The van der Waals surface area contributed by atoms with Crippen molar-refractivity contribution in [2.24, 2.45) is 0 Å². The lowest BCUT2D eigenvalue weighted by atomic mass is 10.3. The van der Waals surface area contributed by atoms with E-state index in [2.05, 4.69) is 26.8 Å². The molecular weight excluding hydrogens is 384 g/mol. The van der Waals surface area contributed by atoms with Crippen LogP contribution in [0, 0.1) is 0 Å². The number of para-hydroxylation sites is 2. The quantitative estimate of drug-likeness (QED) is 0.733. The molecule has 0 aliphatic rings. The van der Waals surface area contributed by atoms with Crippen LogP contribution in [0.3, 0.4) is 0 Å². The second-order valence-corrected chi connectivity index (χ2v) is 6.60. The van der Waals surface area contributed by atoms with Gasteiger partial charge >= 0.3 is 0 Å². The van der Waals surface area contributed by atoms with Crippen LogP contribution in [0.4, 0.5) is 0 Å². The van der Waals surface area contributed by atoms with E-state index in [0.717, 1.165) is 3.79 Å². The second kappa shape index (κ2) is 8.54. The van der Waals surface area contributed by atoms with E-state index < -0.39 is 11.8 Å². The summed E-state index contributed by atoms with van der Waals surface area (Å²) in [6, 6.07) is 8.73. The highest BCUT2D eigenvalue weighted by Gasteiger charge is 2.10. The maximum Gasteiger partial charge on any atom is 0.276 e. The molecule has 0 aliphatic carbocycles. The van der Waals surface area contributed by atoms with E-state index in [-0.39, 0.29) is 6.61 Å². The lowest BCUT2D eigenvalue weighted by molar-refractivity contribution is -0.123. The molecule has 8 heteroatoms. The number of carbonyl (C=O) groups excluding carboxylic acids is 2. The van der Waals surface area contributed by atoms with Gasteiger partial charge in [0.25, 0.3) is 11.8 Å². The average molecular weight is 399 g/mol. The number of halogens is 1. The van der Waals surface area contributed by atoms with Crippen molar-refractivity contribution < 1.29 is 19.1 Å². The number of thiophene rings is 1. The van der Waals surface area contributed by atoms with Crippen LogP contribution < -0.4 is 20.3 Å². The fraction of sp³-hybridized carbons (Fsp3) is 0.200. The van der Waals surface area contributed by atoms with Crippen molar-refractivity contribution >= 4 is 39.1 Å². The van der Waals surface area contributed by atoms with Crippen molar-refractivity contribution in [2.45, 2.75) is 6.92 Å². The molecule has 6 nitrogen and oxygen atoms in total. The molecule has 1 heterocycles. The Kier molecular flexibility index (Phi) is 6.42. The fourth-order valence-electron chi connectivity index (χ4n) is 1.65. The Bertz CT molecular complexity index is 690. The van der Waals surface area contributed by atoms with Crippen molar-refractivity contribution in [3.8, 4) is 11.5 Å². The molecule has 1 aromatic carbocycles. The number of nitrogens with one attached hydrogen (secondary N) is 2. The molecule has 0 spiro atoms. The van der Waals surface area contributed by atoms with Crippen molar-refractivity contribution in [2.75, 3.05) is 13.2 Å². The molecule has 2 rings (SSSR count). The zero-order valence-electron chi connectivity index (χ0n) is 12.3. The van der Waals surface area contributed by atoms with E-state index in [0.29, 0.717) is 23.7 Å². The molecule has 2 N–H and O–H groups in total. The normalized spacial score (nSPS) is 10.0. The Morgan fingerprint density at radius 2 is 1.87 bits per heavy atom. The smallest absolute Gasteiger partial charge is 0.276 e. The summed E-state index contributed by atoms with van der Waals surface area (Å²) in [4.78, 5) is 23.5. The standard InChI is InChI=1S/C15H15BrN2O4S/c1-2-21-11-5-3-4-6-12(11)22-8-14(19)17-18-15(20)10-7-13(16)23-9-10/h3-7,9H,2,8H2,1H3,(H,17,19)(H,18,20). The van der Waals surface area contributed by atoms with Crippen LogP contribution in [-0.2, 0) is 4.79 Å². The summed E-state index contributed by atoms with van der Waals surface area (Å²) < 4.78 is 11.6. The summed E-state index contributed by atoms with van der Waals surface area (Å²) >= 11 is 4.66. The predicted octanol–water partition coefficient (Wildman–Crippen LogP) is 2.75. The molecular formula is C15H15BrN2O4S. The highest BCUT2D eigenvalue weighted by atomic mass is 79.9. The molecule has 0 saturated heterocycles. The van der Waals surface area contributed by atoms with Gasteiger partial charge in [-0.15, -0.1) is 11.3 Å². The molecule has 0 radical (unpaired) electrons. The zero-order valence-corrected chi connectivity index (χ0v) is 14.7. The van der Waals surface area contributed by atoms with Gasteiger partial charge in [0.1, 0.15) is 0 Å². The Morgan fingerprint density at radius 3 is 2.48 bits per heavy atom. The molecule has 23 heavy (non-hydrogen) atoms. The monoisotopic (exact) mass is 398 g/mol. The summed E-state index contributed by atoms with van der Waals surface area (Å²) in [5, 5.41) is 1.68. The highest BCUT2D eigenvalue weighted by molar-refractivity contribution is 9.11. The zero-order chi connectivity index (χ0) is 16.7. The minimum Gasteiger partial charge on any atom is -0.490 e. The van der Waals surface area contributed by atoms with Gasteiger partial charge in [0.2, 0.25) is 0 Å². The number of hydrogen-bond donors (Lipinski definition) is 2. The van der Waals surface area contributed by atoms with Gasteiger partial charge in [0.05, 0.1) is 16.0 Å². The minimum absolute atomic E-state index is 0.238. The van der Waals surface area contributed by atoms with Crippen LogP contribution in [0.1, 0.15) is 17.3 Å². The molecule has 1 aromatic heterocycles. The Hall–Kier alpha value is -2.06. The van der Waals surface area contributed by atoms with E-state index in [1.54, 1.807) is 29.6 Å². The molecule has 2 aromatic rings. The van der Waals surface area contributed by atoms with Crippen molar-refractivity contribution in [3.63, 3.8) is 0 Å². The first-order chi connectivity index (χ1) is 11.1. The van der Waals surface area contributed by atoms with Crippen LogP contribution >= 0.6 is 27.3 Å². The van der Waals surface area contributed by atoms with Crippen LogP contribution in [0.25, 0.3) is 0 Å². The fourth-order valence-corrected chi connectivity index (χ4v) is 2.79. The summed E-state index contributed by atoms with van der Waals surface area (Å²) in [7, 11) is 0. The molecule has 0 saturated carbocycles. The van der Waals surface area contributed by atoms with Gasteiger partial charge in [-0.05, 0) is 41.1 Å².